The van der Waals surface area contributed by atoms with Crippen LogP contribution in [0.2, 0.25) is 0 Å². The first kappa shape index (κ1) is 11.5. The first-order valence-corrected chi connectivity index (χ1v) is 5.31. The normalized spacial score (nSPS) is 20.4. The molecule has 0 aromatic heterocycles. The van der Waals surface area contributed by atoms with Crippen LogP contribution in [-0.4, -0.2) is 31.7 Å². The first-order valence-electron chi connectivity index (χ1n) is 5.31. The summed E-state index contributed by atoms with van der Waals surface area (Å²) in [5.74, 6) is 0.647. The third kappa shape index (κ3) is 4.07. The molecule has 0 aromatic rings. The molecule has 0 radical (unpaired) electrons. The van der Waals surface area contributed by atoms with Gasteiger partial charge in [-0.2, -0.15) is 0 Å². The Bertz CT molecular complexity index is 177. The van der Waals surface area contributed by atoms with Crippen molar-refractivity contribution in [2.45, 2.75) is 32.2 Å². The molecule has 0 aliphatic carbocycles. The number of nitrogens with one attached hydrogen (secondary N) is 1. The molecule has 0 aromatic carbocycles. The lowest BCUT2D eigenvalue weighted by Gasteiger charge is -2.22. The number of rotatable bonds is 4. The van der Waals surface area contributed by atoms with Crippen molar-refractivity contribution in [2.75, 3.05) is 19.8 Å². The lowest BCUT2D eigenvalue weighted by molar-refractivity contribution is -0.122. The van der Waals surface area contributed by atoms with Gasteiger partial charge in [0, 0.05) is 19.8 Å². The van der Waals surface area contributed by atoms with Gasteiger partial charge in [-0.05, 0) is 32.1 Å². The van der Waals surface area contributed by atoms with E-state index in [1.807, 2.05) is 0 Å². The zero-order valence-corrected chi connectivity index (χ0v) is 8.79. The molecule has 1 saturated heterocycles. The molecule has 1 aliphatic rings. The van der Waals surface area contributed by atoms with Crippen LogP contribution < -0.4 is 11.1 Å². The van der Waals surface area contributed by atoms with Gasteiger partial charge in [-0.25, -0.2) is 0 Å². The molecule has 1 fully saturated rings. The Hall–Kier alpha value is -0.610. The number of ether oxygens (including phenoxy) is 1. The smallest absolute Gasteiger partial charge is 0.236 e. The minimum absolute atomic E-state index is 0.0583. The third-order valence-electron chi connectivity index (χ3n) is 2.61. The second kappa shape index (κ2) is 5.98. The van der Waals surface area contributed by atoms with Crippen LogP contribution in [0.25, 0.3) is 0 Å². The van der Waals surface area contributed by atoms with E-state index in [9.17, 15) is 4.79 Å². The fourth-order valence-electron chi connectivity index (χ4n) is 1.60. The van der Waals surface area contributed by atoms with E-state index in [4.69, 9.17) is 10.5 Å². The maximum absolute atomic E-state index is 11.1. The number of carbonyl (C=O) groups excluding carboxylic acids is 1. The molecular weight excluding hydrogens is 180 g/mol. The van der Waals surface area contributed by atoms with Gasteiger partial charge in [0.2, 0.25) is 5.91 Å². The van der Waals surface area contributed by atoms with Crippen LogP contribution in [0, 0.1) is 5.92 Å². The van der Waals surface area contributed by atoms with Crippen molar-refractivity contribution in [3.8, 4) is 0 Å². The Kier molecular flexibility index (Phi) is 4.90. The third-order valence-corrected chi connectivity index (χ3v) is 2.61. The predicted molar refractivity (Wildman–Crippen MR) is 54.8 cm³/mol. The van der Waals surface area contributed by atoms with Crippen molar-refractivity contribution in [1.29, 1.82) is 0 Å². The van der Waals surface area contributed by atoms with E-state index in [-0.39, 0.29) is 5.91 Å². The van der Waals surface area contributed by atoms with Gasteiger partial charge in [-0.1, -0.05) is 0 Å². The minimum Gasteiger partial charge on any atom is -0.381 e. The second-order valence-electron chi connectivity index (χ2n) is 3.92. The maximum Gasteiger partial charge on any atom is 0.236 e. The van der Waals surface area contributed by atoms with Crippen molar-refractivity contribution in [3.05, 3.63) is 0 Å². The van der Waals surface area contributed by atoms with Crippen LogP contribution in [-0.2, 0) is 9.53 Å². The van der Waals surface area contributed by atoms with Gasteiger partial charge in [-0.15, -0.1) is 0 Å². The van der Waals surface area contributed by atoms with E-state index in [1.54, 1.807) is 6.92 Å². The number of carbonyl (C=O) groups is 1. The summed E-state index contributed by atoms with van der Waals surface area (Å²) in [6.45, 7) is 4.17. The summed E-state index contributed by atoms with van der Waals surface area (Å²) >= 11 is 0. The summed E-state index contributed by atoms with van der Waals surface area (Å²) in [6, 6.07) is -0.398. The molecule has 1 amide bonds. The minimum atomic E-state index is -0.398. The molecule has 1 atom stereocenters. The molecule has 4 heteroatoms. The Labute approximate surface area is 85.2 Å². The molecule has 14 heavy (non-hydrogen) atoms. The van der Waals surface area contributed by atoms with E-state index in [0.717, 1.165) is 39.0 Å². The standard InChI is InChI=1S/C10H20N2O2/c1-8(11)10(13)12-5-2-9-3-6-14-7-4-9/h8-9H,2-7,11H2,1H3,(H,12,13). The Balaban J connectivity index is 2.05. The quantitative estimate of drug-likeness (QED) is 0.684. The molecule has 0 spiro atoms. The van der Waals surface area contributed by atoms with Crippen molar-refractivity contribution in [2.24, 2.45) is 11.7 Å². The fourth-order valence-corrected chi connectivity index (χ4v) is 1.60. The SMILES string of the molecule is CC(N)C(=O)NCCC1CCOCC1. The number of nitrogens with two attached hydrogens (primary N) is 1. The van der Waals surface area contributed by atoms with E-state index in [2.05, 4.69) is 5.32 Å². The van der Waals surface area contributed by atoms with E-state index >= 15 is 0 Å². The van der Waals surface area contributed by atoms with Crippen LogP contribution >= 0.6 is 0 Å². The number of hydrogen-bond acceptors (Lipinski definition) is 3. The van der Waals surface area contributed by atoms with E-state index in [1.165, 1.54) is 0 Å². The molecule has 0 saturated carbocycles. The largest absolute Gasteiger partial charge is 0.381 e. The highest BCUT2D eigenvalue weighted by Crippen LogP contribution is 2.17. The van der Waals surface area contributed by atoms with Crippen LogP contribution in [0.1, 0.15) is 26.2 Å². The van der Waals surface area contributed by atoms with Crippen molar-refractivity contribution >= 4 is 5.91 Å². The van der Waals surface area contributed by atoms with Gasteiger partial charge >= 0.3 is 0 Å². The first-order chi connectivity index (χ1) is 6.70. The zero-order valence-electron chi connectivity index (χ0n) is 8.79. The van der Waals surface area contributed by atoms with Gasteiger partial charge in [0.25, 0.3) is 0 Å². The topological polar surface area (TPSA) is 64.4 Å². The van der Waals surface area contributed by atoms with Gasteiger partial charge < -0.3 is 15.8 Å². The average molecular weight is 200 g/mol. The molecule has 82 valence electrons. The molecule has 3 N–H and O–H groups in total. The van der Waals surface area contributed by atoms with Gasteiger partial charge in [-0.3, -0.25) is 4.79 Å². The van der Waals surface area contributed by atoms with Crippen LogP contribution in [0.15, 0.2) is 0 Å². The molecule has 1 unspecified atom stereocenters. The monoisotopic (exact) mass is 200 g/mol. The van der Waals surface area contributed by atoms with E-state index in [0.29, 0.717) is 5.92 Å². The average Bonchev–Trinajstić information content (AvgIpc) is 2.19. The highest BCUT2D eigenvalue weighted by molar-refractivity contribution is 5.80. The molecule has 1 aliphatic heterocycles. The van der Waals surface area contributed by atoms with Crippen LogP contribution in [0.4, 0.5) is 0 Å². The molecule has 0 bridgehead atoms. The molecule has 1 rings (SSSR count). The van der Waals surface area contributed by atoms with Crippen molar-refractivity contribution in [3.63, 3.8) is 0 Å². The lowest BCUT2D eigenvalue weighted by Crippen LogP contribution is -2.39. The summed E-state index contributed by atoms with van der Waals surface area (Å²) in [4.78, 5) is 11.1. The van der Waals surface area contributed by atoms with Gasteiger partial charge in [0.15, 0.2) is 0 Å². The summed E-state index contributed by atoms with van der Waals surface area (Å²) < 4.78 is 5.26. The van der Waals surface area contributed by atoms with Gasteiger partial charge in [0.1, 0.15) is 0 Å². The molecule has 4 nitrogen and oxygen atoms in total. The zero-order chi connectivity index (χ0) is 10.4. The lowest BCUT2D eigenvalue weighted by atomic mass is 9.97. The van der Waals surface area contributed by atoms with Gasteiger partial charge in [0.05, 0.1) is 6.04 Å². The summed E-state index contributed by atoms with van der Waals surface area (Å²) in [6.07, 6.45) is 3.28. The number of amides is 1. The molecule has 1 heterocycles. The second-order valence-corrected chi connectivity index (χ2v) is 3.92. The highest BCUT2D eigenvalue weighted by atomic mass is 16.5. The molecular formula is C10H20N2O2. The Morgan fingerprint density at radius 2 is 2.21 bits per heavy atom. The maximum atomic E-state index is 11.1. The summed E-state index contributed by atoms with van der Waals surface area (Å²) in [5, 5.41) is 2.82. The Morgan fingerprint density at radius 3 is 2.79 bits per heavy atom. The summed E-state index contributed by atoms with van der Waals surface area (Å²) in [7, 11) is 0. The predicted octanol–water partition coefficient (Wildman–Crippen LogP) is 0.267. The Morgan fingerprint density at radius 1 is 1.57 bits per heavy atom. The fraction of sp³-hybridized carbons (Fsp3) is 0.900. The summed E-state index contributed by atoms with van der Waals surface area (Å²) in [5.41, 5.74) is 5.42. The van der Waals surface area contributed by atoms with Crippen molar-refractivity contribution < 1.29 is 9.53 Å². The van der Waals surface area contributed by atoms with Crippen LogP contribution in [0.3, 0.4) is 0 Å². The highest BCUT2D eigenvalue weighted by Gasteiger charge is 2.14. The van der Waals surface area contributed by atoms with E-state index < -0.39 is 6.04 Å². The number of hydrogen-bond donors (Lipinski definition) is 2. The van der Waals surface area contributed by atoms with Crippen molar-refractivity contribution in [1.82, 2.24) is 5.32 Å². The van der Waals surface area contributed by atoms with Crippen LogP contribution in [0.5, 0.6) is 0 Å².